The molecule has 3 nitrogen and oxygen atoms in total. The molecule has 0 amide bonds. The van der Waals surface area contributed by atoms with Gasteiger partial charge in [0.25, 0.3) is 6.71 Å². The van der Waals surface area contributed by atoms with Crippen LogP contribution in [0.2, 0.25) is 0 Å². The molecular weight excluding hydrogens is 347 g/mol. The second kappa shape index (κ2) is 8.43. The van der Waals surface area contributed by atoms with Crippen LogP contribution < -0.4 is 30.6 Å². The molecule has 0 atom stereocenters. The minimum absolute atomic E-state index is 0.125. The predicted molar refractivity (Wildman–Crippen MR) is 118 cm³/mol. The van der Waals surface area contributed by atoms with Crippen LogP contribution in [0.3, 0.4) is 0 Å². The van der Waals surface area contributed by atoms with Crippen molar-refractivity contribution in [2.45, 2.75) is 41.5 Å². The van der Waals surface area contributed by atoms with E-state index in [-0.39, 0.29) is 6.71 Å². The molecule has 0 radical (unpaired) electrons. The van der Waals surface area contributed by atoms with E-state index in [4.69, 9.17) is 14.2 Å². The second-order valence-electron chi connectivity index (χ2n) is 5.74. The third kappa shape index (κ3) is 2.84. The van der Waals surface area contributed by atoms with Gasteiger partial charge in [0, 0.05) is 16.4 Å². The van der Waals surface area contributed by atoms with Crippen molar-refractivity contribution >= 4 is 23.1 Å². The molecule has 3 aromatic carbocycles. The van der Waals surface area contributed by atoms with Gasteiger partial charge in [-0.15, -0.1) is 0 Å². The maximum absolute atomic E-state index is 6.09. The van der Waals surface area contributed by atoms with Gasteiger partial charge in [-0.2, -0.15) is 0 Å². The van der Waals surface area contributed by atoms with E-state index in [9.17, 15) is 0 Å². The summed E-state index contributed by atoms with van der Waals surface area (Å²) in [6.45, 7) is 12.1. The molecule has 4 heteroatoms. The van der Waals surface area contributed by atoms with Crippen LogP contribution in [-0.4, -0.2) is 6.71 Å². The molecule has 3 aliphatic rings. The molecule has 0 aromatic heterocycles. The van der Waals surface area contributed by atoms with E-state index < -0.39 is 0 Å². The van der Waals surface area contributed by atoms with E-state index >= 15 is 0 Å². The quantitative estimate of drug-likeness (QED) is 0.324. The van der Waals surface area contributed by atoms with Crippen molar-refractivity contribution < 1.29 is 14.2 Å². The van der Waals surface area contributed by atoms with Crippen LogP contribution in [0.4, 0.5) is 0 Å². The van der Waals surface area contributed by atoms with Gasteiger partial charge < -0.3 is 14.2 Å². The Bertz CT molecular complexity index is 794. The highest BCUT2D eigenvalue weighted by Gasteiger charge is 2.45. The smallest absolute Gasteiger partial charge is 0.270 e. The summed E-state index contributed by atoms with van der Waals surface area (Å²) in [5.41, 5.74) is 3.31. The monoisotopic (exact) mass is 374 g/mol. The van der Waals surface area contributed by atoms with Crippen LogP contribution in [0.15, 0.2) is 54.6 Å². The average Bonchev–Trinajstić information content (AvgIpc) is 2.78. The molecule has 3 aliphatic heterocycles. The fourth-order valence-corrected chi connectivity index (χ4v) is 3.75. The molecule has 6 rings (SSSR count). The second-order valence-corrected chi connectivity index (χ2v) is 5.74. The van der Waals surface area contributed by atoms with E-state index in [0.29, 0.717) is 0 Å². The Morgan fingerprint density at radius 3 is 0.857 bits per heavy atom. The number of hydrogen-bond acceptors (Lipinski definition) is 3. The van der Waals surface area contributed by atoms with E-state index in [1.807, 2.05) is 96.1 Å². The highest BCUT2D eigenvalue weighted by atomic mass is 16.5. The third-order valence-electron chi connectivity index (χ3n) is 4.60. The number of benzene rings is 3. The normalized spacial score (nSPS) is 12.0. The molecule has 3 heterocycles. The van der Waals surface area contributed by atoms with Crippen molar-refractivity contribution in [2.75, 3.05) is 0 Å². The van der Waals surface area contributed by atoms with Crippen molar-refractivity contribution in [2.24, 2.45) is 0 Å². The van der Waals surface area contributed by atoms with Crippen molar-refractivity contribution in [3.63, 3.8) is 0 Å². The Morgan fingerprint density at radius 1 is 0.429 bits per heavy atom. The van der Waals surface area contributed by atoms with Crippen LogP contribution in [0.25, 0.3) is 0 Å². The van der Waals surface area contributed by atoms with Crippen molar-refractivity contribution in [3.8, 4) is 34.5 Å². The van der Waals surface area contributed by atoms with E-state index in [1.54, 1.807) is 0 Å². The van der Waals surface area contributed by atoms with Gasteiger partial charge in [0.15, 0.2) is 0 Å². The molecule has 28 heavy (non-hydrogen) atoms. The van der Waals surface area contributed by atoms with Crippen molar-refractivity contribution in [3.05, 3.63) is 54.6 Å². The fourth-order valence-electron chi connectivity index (χ4n) is 3.75. The largest absolute Gasteiger partial charge is 0.458 e. The lowest BCUT2D eigenvalue weighted by Crippen LogP contribution is -2.59. The molecule has 3 aromatic rings. The van der Waals surface area contributed by atoms with E-state index in [0.717, 1.165) is 50.9 Å². The minimum Gasteiger partial charge on any atom is -0.458 e. The summed E-state index contributed by atoms with van der Waals surface area (Å²) in [6.07, 6.45) is 0. The van der Waals surface area contributed by atoms with E-state index in [2.05, 4.69) is 0 Å². The molecule has 0 spiro atoms. The summed E-state index contributed by atoms with van der Waals surface area (Å²) in [7, 11) is 0. The topological polar surface area (TPSA) is 27.7 Å². The van der Waals surface area contributed by atoms with Crippen LogP contribution in [-0.2, 0) is 0 Å². The minimum atomic E-state index is 0.125. The number of rotatable bonds is 0. The molecule has 0 bridgehead atoms. The maximum atomic E-state index is 6.09. The Balaban J connectivity index is 0.000000346. The first-order chi connectivity index (χ1) is 13.9. The van der Waals surface area contributed by atoms with Gasteiger partial charge in [-0.3, -0.25) is 0 Å². The molecule has 0 aliphatic carbocycles. The van der Waals surface area contributed by atoms with Crippen LogP contribution in [0.1, 0.15) is 41.5 Å². The Labute approximate surface area is 168 Å². The first-order valence-electron chi connectivity index (χ1n) is 10.3. The zero-order valence-electron chi connectivity index (χ0n) is 17.5. The first-order valence-corrected chi connectivity index (χ1v) is 10.3. The standard InChI is InChI=1S/C18H9BO3.3C2H6/c1-4-10-16-11(5-1)21-13-7-3-9-15-18(13)19(16)17-12(20-10)6-2-8-14(17)22-15;3*1-2/h1-9H;3*1-2H3. The predicted octanol–water partition coefficient (Wildman–Crippen LogP) is 5.60. The Hall–Kier alpha value is -2.88. The Kier molecular flexibility index (Phi) is 5.98. The summed E-state index contributed by atoms with van der Waals surface area (Å²) >= 11 is 0. The molecule has 0 saturated heterocycles. The molecule has 0 saturated carbocycles. The van der Waals surface area contributed by atoms with Gasteiger partial charge in [-0.25, -0.2) is 0 Å². The lowest BCUT2D eigenvalue weighted by molar-refractivity contribution is 0.443. The zero-order valence-corrected chi connectivity index (χ0v) is 17.5. The van der Waals surface area contributed by atoms with Crippen molar-refractivity contribution in [1.29, 1.82) is 0 Å². The summed E-state index contributed by atoms with van der Waals surface area (Å²) in [5, 5.41) is 0. The summed E-state index contributed by atoms with van der Waals surface area (Å²) < 4.78 is 18.3. The number of hydrogen-bond donors (Lipinski definition) is 0. The fraction of sp³-hybridized carbons (Fsp3) is 0.250. The molecule has 0 N–H and O–H groups in total. The molecular formula is C24H27BO3. The van der Waals surface area contributed by atoms with Gasteiger partial charge in [0.1, 0.15) is 34.5 Å². The number of ether oxygens (including phenoxy) is 3. The lowest BCUT2D eigenvalue weighted by atomic mass is 9.34. The molecule has 0 unspecified atom stereocenters. The van der Waals surface area contributed by atoms with Crippen LogP contribution in [0.5, 0.6) is 34.5 Å². The maximum Gasteiger partial charge on any atom is 0.270 e. The van der Waals surface area contributed by atoms with Crippen LogP contribution >= 0.6 is 0 Å². The molecule has 144 valence electrons. The Morgan fingerprint density at radius 2 is 0.643 bits per heavy atom. The lowest BCUT2D eigenvalue weighted by Gasteiger charge is -2.37. The van der Waals surface area contributed by atoms with Gasteiger partial charge >= 0.3 is 0 Å². The highest BCUT2D eigenvalue weighted by molar-refractivity contribution is 6.99. The highest BCUT2D eigenvalue weighted by Crippen LogP contribution is 2.40. The summed E-state index contributed by atoms with van der Waals surface area (Å²) in [5.74, 6) is 5.22. The summed E-state index contributed by atoms with van der Waals surface area (Å²) in [4.78, 5) is 0. The third-order valence-corrected chi connectivity index (χ3v) is 4.60. The average molecular weight is 374 g/mol. The van der Waals surface area contributed by atoms with Gasteiger partial charge in [-0.05, 0) is 36.4 Å². The first kappa shape index (κ1) is 19.9. The van der Waals surface area contributed by atoms with Crippen LogP contribution in [0, 0.1) is 0 Å². The van der Waals surface area contributed by atoms with E-state index in [1.165, 1.54) is 0 Å². The molecule has 0 fully saturated rings. The zero-order chi connectivity index (χ0) is 20.3. The SMILES string of the molecule is CC.CC.CC.c1cc2c3c(c1)Oc1cccc4c1B3c1c(cccc1O4)O2. The van der Waals surface area contributed by atoms with Gasteiger partial charge in [0.2, 0.25) is 0 Å². The summed E-state index contributed by atoms with van der Waals surface area (Å²) in [6, 6.07) is 17.9. The van der Waals surface area contributed by atoms with Gasteiger partial charge in [0.05, 0.1) is 0 Å². The van der Waals surface area contributed by atoms with Crippen molar-refractivity contribution in [1.82, 2.24) is 0 Å². The van der Waals surface area contributed by atoms with Gasteiger partial charge in [-0.1, -0.05) is 59.7 Å².